The van der Waals surface area contributed by atoms with E-state index in [0.29, 0.717) is 5.69 Å². The van der Waals surface area contributed by atoms with Crippen molar-refractivity contribution < 1.29 is 4.79 Å². The summed E-state index contributed by atoms with van der Waals surface area (Å²) < 4.78 is 1.92. The van der Waals surface area contributed by atoms with Gasteiger partial charge < -0.3 is 15.6 Å². The number of nitrogens with two attached hydrogens (primary N) is 1. The number of carbonyl (C=O) groups excluding carboxylic acids is 1. The average molecular weight is 294 g/mol. The maximum absolute atomic E-state index is 12.3. The molecule has 1 amide bonds. The standard InChI is InChI=1S/C17H18N4O/c1-2-15-20-17-13(18)9-6-10-14(17)21(15)11-16(22)19-12-7-4-3-5-8-12/h3-10H,2,11,18H2,1H3,(H,19,22). The van der Waals surface area contributed by atoms with Crippen molar-refractivity contribution >= 4 is 28.3 Å². The normalized spacial score (nSPS) is 10.8. The Bertz CT molecular complexity index is 808. The fourth-order valence-corrected chi connectivity index (χ4v) is 2.53. The van der Waals surface area contributed by atoms with Gasteiger partial charge in [0.05, 0.1) is 11.2 Å². The Morgan fingerprint density at radius 3 is 2.68 bits per heavy atom. The summed E-state index contributed by atoms with van der Waals surface area (Å²) in [6.07, 6.45) is 0.743. The highest BCUT2D eigenvalue weighted by atomic mass is 16.1. The first kappa shape index (κ1) is 14.1. The van der Waals surface area contributed by atoms with Crippen LogP contribution in [-0.2, 0) is 17.8 Å². The van der Waals surface area contributed by atoms with Gasteiger partial charge in [0.2, 0.25) is 5.91 Å². The first-order valence-corrected chi connectivity index (χ1v) is 7.27. The second-order valence-electron chi connectivity index (χ2n) is 5.10. The molecule has 3 N–H and O–H groups in total. The number of anilines is 2. The number of imidazole rings is 1. The monoisotopic (exact) mass is 294 g/mol. The minimum atomic E-state index is -0.0809. The molecule has 0 fully saturated rings. The molecule has 3 aromatic rings. The van der Waals surface area contributed by atoms with E-state index in [1.165, 1.54) is 0 Å². The molecule has 22 heavy (non-hydrogen) atoms. The zero-order valence-corrected chi connectivity index (χ0v) is 12.4. The predicted molar refractivity (Wildman–Crippen MR) is 88.6 cm³/mol. The highest BCUT2D eigenvalue weighted by Crippen LogP contribution is 2.22. The van der Waals surface area contributed by atoms with Gasteiger partial charge in [-0.1, -0.05) is 31.2 Å². The van der Waals surface area contributed by atoms with Crippen LogP contribution in [0.15, 0.2) is 48.5 Å². The van der Waals surface area contributed by atoms with Crippen LogP contribution in [0, 0.1) is 0 Å². The molecule has 0 unspecified atom stereocenters. The molecular formula is C17H18N4O. The molecular weight excluding hydrogens is 276 g/mol. The Hall–Kier alpha value is -2.82. The van der Waals surface area contributed by atoms with Crippen LogP contribution in [0.2, 0.25) is 0 Å². The molecule has 5 heteroatoms. The van der Waals surface area contributed by atoms with E-state index < -0.39 is 0 Å². The number of rotatable bonds is 4. The van der Waals surface area contributed by atoms with E-state index in [0.717, 1.165) is 29.0 Å². The van der Waals surface area contributed by atoms with Gasteiger partial charge in [-0.25, -0.2) is 4.98 Å². The zero-order chi connectivity index (χ0) is 15.5. The van der Waals surface area contributed by atoms with Gasteiger partial charge in [0.25, 0.3) is 0 Å². The number of nitrogens with zero attached hydrogens (tertiary/aromatic N) is 2. The predicted octanol–water partition coefficient (Wildman–Crippen LogP) is 2.82. The van der Waals surface area contributed by atoms with Crippen LogP contribution in [0.1, 0.15) is 12.7 Å². The maximum atomic E-state index is 12.3. The van der Waals surface area contributed by atoms with Crippen LogP contribution in [0.25, 0.3) is 11.0 Å². The van der Waals surface area contributed by atoms with Gasteiger partial charge in [0.1, 0.15) is 17.9 Å². The molecule has 0 spiro atoms. The Morgan fingerprint density at radius 2 is 1.95 bits per heavy atom. The molecule has 0 aliphatic carbocycles. The molecule has 0 aliphatic heterocycles. The van der Waals surface area contributed by atoms with Crippen LogP contribution in [0.4, 0.5) is 11.4 Å². The Labute approximate surface area is 128 Å². The Balaban J connectivity index is 1.90. The molecule has 2 aromatic carbocycles. The number of carbonyl (C=O) groups is 1. The van der Waals surface area contributed by atoms with Gasteiger partial charge in [-0.05, 0) is 24.3 Å². The molecule has 0 aliphatic rings. The van der Waals surface area contributed by atoms with Crippen molar-refractivity contribution in [3.05, 3.63) is 54.4 Å². The number of aromatic nitrogens is 2. The molecule has 0 saturated carbocycles. The van der Waals surface area contributed by atoms with Crippen molar-refractivity contribution in [2.75, 3.05) is 11.1 Å². The van der Waals surface area contributed by atoms with Crippen molar-refractivity contribution in [3.63, 3.8) is 0 Å². The SMILES string of the molecule is CCc1nc2c(N)cccc2n1CC(=O)Nc1ccccc1. The Morgan fingerprint density at radius 1 is 1.18 bits per heavy atom. The molecule has 0 radical (unpaired) electrons. The largest absolute Gasteiger partial charge is 0.397 e. The highest BCUT2D eigenvalue weighted by Gasteiger charge is 2.14. The lowest BCUT2D eigenvalue weighted by atomic mass is 10.2. The van der Waals surface area contributed by atoms with Gasteiger partial charge in [-0.3, -0.25) is 4.79 Å². The smallest absolute Gasteiger partial charge is 0.244 e. The summed E-state index contributed by atoms with van der Waals surface area (Å²) in [5.41, 5.74) is 9.04. The minimum Gasteiger partial charge on any atom is -0.397 e. The molecule has 1 aromatic heterocycles. The van der Waals surface area contributed by atoms with Crippen LogP contribution >= 0.6 is 0 Å². The van der Waals surface area contributed by atoms with E-state index in [1.807, 2.05) is 60.0 Å². The summed E-state index contributed by atoms with van der Waals surface area (Å²) in [5.74, 6) is 0.777. The van der Waals surface area contributed by atoms with Gasteiger partial charge in [-0.15, -0.1) is 0 Å². The molecule has 3 rings (SSSR count). The van der Waals surface area contributed by atoms with Crippen molar-refractivity contribution in [1.29, 1.82) is 0 Å². The zero-order valence-electron chi connectivity index (χ0n) is 12.4. The lowest BCUT2D eigenvalue weighted by Gasteiger charge is -2.09. The van der Waals surface area contributed by atoms with E-state index in [9.17, 15) is 4.79 Å². The first-order chi connectivity index (χ1) is 10.7. The number of aryl methyl sites for hydroxylation is 1. The summed E-state index contributed by atoms with van der Waals surface area (Å²) in [4.78, 5) is 16.8. The highest BCUT2D eigenvalue weighted by molar-refractivity contribution is 5.93. The molecule has 0 saturated heterocycles. The van der Waals surface area contributed by atoms with Gasteiger partial charge in [0, 0.05) is 12.1 Å². The first-order valence-electron chi connectivity index (χ1n) is 7.27. The molecule has 0 bridgehead atoms. The quantitative estimate of drug-likeness (QED) is 0.727. The summed E-state index contributed by atoms with van der Waals surface area (Å²) in [6.45, 7) is 2.24. The number of hydrogen-bond donors (Lipinski definition) is 2. The number of hydrogen-bond acceptors (Lipinski definition) is 3. The summed E-state index contributed by atoms with van der Waals surface area (Å²) in [6, 6.07) is 15.1. The number of amides is 1. The van der Waals surface area contributed by atoms with Gasteiger partial charge in [-0.2, -0.15) is 0 Å². The Kier molecular flexibility index (Phi) is 3.78. The number of para-hydroxylation sites is 2. The van der Waals surface area contributed by atoms with Crippen molar-refractivity contribution in [1.82, 2.24) is 9.55 Å². The van der Waals surface area contributed by atoms with Gasteiger partial charge >= 0.3 is 0 Å². The minimum absolute atomic E-state index is 0.0809. The third kappa shape index (κ3) is 2.65. The van der Waals surface area contributed by atoms with E-state index >= 15 is 0 Å². The number of benzene rings is 2. The number of nitrogen functional groups attached to an aromatic ring is 1. The van der Waals surface area contributed by atoms with E-state index in [2.05, 4.69) is 10.3 Å². The third-order valence-electron chi connectivity index (χ3n) is 3.56. The van der Waals surface area contributed by atoms with Crippen LogP contribution in [0.5, 0.6) is 0 Å². The lowest BCUT2D eigenvalue weighted by molar-refractivity contribution is -0.116. The maximum Gasteiger partial charge on any atom is 0.244 e. The van der Waals surface area contributed by atoms with Crippen molar-refractivity contribution in [3.8, 4) is 0 Å². The van der Waals surface area contributed by atoms with Crippen LogP contribution < -0.4 is 11.1 Å². The van der Waals surface area contributed by atoms with Crippen molar-refractivity contribution in [2.24, 2.45) is 0 Å². The topological polar surface area (TPSA) is 72.9 Å². The molecule has 112 valence electrons. The number of nitrogens with one attached hydrogen (secondary N) is 1. The number of fused-ring (bicyclic) bond motifs is 1. The van der Waals surface area contributed by atoms with E-state index in [4.69, 9.17) is 5.73 Å². The fraction of sp³-hybridized carbons (Fsp3) is 0.176. The van der Waals surface area contributed by atoms with Crippen LogP contribution in [-0.4, -0.2) is 15.5 Å². The molecule has 0 atom stereocenters. The molecule has 5 nitrogen and oxygen atoms in total. The summed E-state index contributed by atoms with van der Waals surface area (Å²) in [5, 5.41) is 2.89. The lowest BCUT2D eigenvalue weighted by Crippen LogP contribution is -2.20. The van der Waals surface area contributed by atoms with Crippen molar-refractivity contribution in [2.45, 2.75) is 19.9 Å². The summed E-state index contributed by atoms with van der Waals surface area (Å²) >= 11 is 0. The van der Waals surface area contributed by atoms with E-state index in [1.54, 1.807) is 0 Å². The van der Waals surface area contributed by atoms with Gasteiger partial charge in [0.15, 0.2) is 0 Å². The fourth-order valence-electron chi connectivity index (χ4n) is 2.53. The third-order valence-corrected chi connectivity index (χ3v) is 3.56. The second kappa shape index (κ2) is 5.89. The molecule has 1 heterocycles. The van der Waals surface area contributed by atoms with E-state index in [-0.39, 0.29) is 12.5 Å². The summed E-state index contributed by atoms with van der Waals surface area (Å²) in [7, 11) is 0. The second-order valence-corrected chi connectivity index (χ2v) is 5.10. The van der Waals surface area contributed by atoms with Crippen LogP contribution in [0.3, 0.4) is 0 Å². The average Bonchev–Trinajstić information content (AvgIpc) is 2.88.